The summed E-state index contributed by atoms with van der Waals surface area (Å²) in [5, 5.41) is 4.38. The van der Waals surface area contributed by atoms with E-state index in [-0.39, 0.29) is 0 Å². The topological polar surface area (TPSA) is 92.3 Å². The highest BCUT2D eigenvalue weighted by molar-refractivity contribution is 6.22. The number of piperidine rings is 2. The van der Waals surface area contributed by atoms with E-state index in [0.717, 1.165) is 25.7 Å². The quantitative estimate of drug-likeness (QED) is 0.562. The monoisotopic (exact) mass is 294 g/mol. The maximum atomic E-state index is 12.2. The van der Waals surface area contributed by atoms with Crippen LogP contribution in [0, 0.1) is 17.3 Å². The van der Waals surface area contributed by atoms with E-state index in [1.54, 1.807) is 0 Å². The summed E-state index contributed by atoms with van der Waals surface area (Å²) in [5.41, 5.74) is -0.842. The van der Waals surface area contributed by atoms with Gasteiger partial charge in [-0.1, -0.05) is 39.5 Å². The van der Waals surface area contributed by atoms with Gasteiger partial charge in [-0.3, -0.25) is 29.8 Å². The molecule has 2 bridgehead atoms. The van der Waals surface area contributed by atoms with E-state index in [2.05, 4.69) is 10.6 Å². The van der Waals surface area contributed by atoms with Gasteiger partial charge in [-0.2, -0.15) is 0 Å². The predicted molar refractivity (Wildman–Crippen MR) is 74.8 cm³/mol. The van der Waals surface area contributed by atoms with E-state index in [0.29, 0.717) is 12.8 Å². The maximum Gasteiger partial charge on any atom is 0.239 e. The van der Waals surface area contributed by atoms with Crippen LogP contribution in [0.25, 0.3) is 0 Å². The molecule has 2 N–H and O–H groups in total. The smallest absolute Gasteiger partial charge is 0.239 e. The van der Waals surface area contributed by atoms with Crippen LogP contribution in [-0.4, -0.2) is 23.6 Å². The molecular formula is C15H22N2O4. The van der Waals surface area contributed by atoms with Crippen LogP contribution in [0.3, 0.4) is 0 Å². The van der Waals surface area contributed by atoms with Crippen LogP contribution in [0.4, 0.5) is 0 Å². The number of fused-ring (bicyclic) bond motifs is 2. The first-order valence-corrected chi connectivity index (χ1v) is 7.67. The van der Waals surface area contributed by atoms with Crippen molar-refractivity contribution in [1.29, 1.82) is 0 Å². The van der Waals surface area contributed by atoms with E-state index in [9.17, 15) is 19.2 Å². The summed E-state index contributed by atoms with van der Waals surface area (Å²) in [7, 11) is 0. The van der Waals surface area contributed by atoms with Crippen LogP contribution in [0.5, 0.6) is 0 Å². The standard InChI is InChI=1S/C15H22N2O4/c1-3-5-7-15(8-6-4-2)9-11(18)16-13(20)10(15)14(21)17-12(9)19/h9-10H,3-8H2,1-2H3,(H,16,18,20)(H,17,19,21). The van der Waals surface area contributed by atoms with Gasteiger partial charge in [0.15, 0.2) is 0 Å². The van der Waals surface area contributed by atoms with Crippen LogP contribution in [0.15, 0.2) is 0 Å². The molecule has 0 radical (unpaired) electrons. The molecule has 0 spiro atoms. The number of rotatable bonds is 6. The van der Waals surface area contributed by atoms with Crippen LogP contribution >= 0.6 is 0 Å². The molecule has 2 aliphatic heterocycles. The van der Waals surface area contributed by atoms with E-state index in [4.69, 9.17) is 0 Å². The van der Waals surface area contributed by atoms with Crippen LogP contribution < -0.4 is 10.6 Å². The van der Waals surface area contributed by atoms with Crippen molar-refractivity contribution in [2.75, 3.05) is 0 Å². The third-order valence-electron chi connectivity index (χ3n) is 4.68. The molecule has 6 heteroatoms. The fourth-order valence-corrected chi connectivity index (χ4v) is 3.69. The Bertz CT molecular complexity index is 414. The average molecular weight is 294 g/mol. The molecule has 2 saturated heterocycles. The van der Waals surface area contributed by atoms with Crippen molar-refractivity contribution in [1.82, 2.24) is 10.6 Å². The Labute approximate surface area is 124 Å². The minimum absolute atomic E-state index is 0.553. The van der Waals surface area contributed by atoms with E-state index in [1.165, 1.54) is 0 Å². The van der Waals surface area contributed by atoms with Crippen molar-refractivity contribution < 1.29 is 19.2 Å². The lowest BCUT2D eigenvalue weighted by Gasteiger charge is -2.49. The minimum Gasteiger partial charge on any atom is -0.295 e. The Kier molecular flexibility index (Phi) is 4.44. The van der Waals surface area contributed by atoms with Gasteiger partial charge in [0.2, 0.25) is 23.6 Å². The normalized spacial score (nSPS) is 27.3. The van der Waals surface area contributed by atoms with E-state index < -0.39 is 40.9 Å². The first kappa shape index (κ1) is 15.7. The van der Waals surface area contributed by atoms with E-state index >= 15 is 0 Å². The second-order valence-corrected chi connectivity index (χ2v) is 6.01. The number of hydrogen-bond acceptors (Lipinski definition) is 4. The zero-order valence-corrected chi connectivity index (χ0v) is 12.5. The van der Waals surface area contributed by atoms with Crippen molar-refractivity contribution in [3.05, 3.63) is 0 Å². The fraction of sp³-hybridized carbons (Fsp3) is 0.733. The molecule has 0 aromatic heterocycles. The molecule has 0 unspecified atom stereocenters. The summed E-state index contributed by atoms with van der Waals surface area (Å²) in [5.74, 6) is -4.11. The second kappa shape index (κ2) is 5.95. The molecule has 6 nitrogen and oxygen atoms in total. The summed E-state index contributed by atoms with van der Waals surface area (Å²) in [6.45, 7) is 4.02. The van der Waals surface area contributed by atoms with Crippen LogP contribution in [0.1, 0.15) is 52.4 Å². The molecule has 0 aromatic carbocycles. The first-order valence-electron chi connectivity index (χ1n) is 7.67. The Balaban J connectivity index is 2.49. The molecule has 2 fully saturated rings. The Morgan fingerprint density at radius 2 is 1.10 bits per heavy atom. The van der Waals surface area contributed by atoms with Crippen molar-refractivity contribution in [3.8, 4) is 0 Å². The second-order valence-electron chi connectivity index (χ2n) is 6.01. The fourth-order valence-electron chi connectivity index (χ4n) is 3.69. The maximum absolute atomic E-state index is 12.2. The van der Waals surface area contributed by atoms with Gasteiger partial charge >= 0.3 is 0 Å². The summed E-state index contributed by atoms with van der Waals surface area (Å²) in [6.07, 6.45) is 4.46. The van der Waals surface area contributed by atoms with Gasteiger partial charge in [-0.25, -0.2) is 0 Å². The third-order valence-corrected chi connectivity index (χ3v) is 4.68. The SMILES string of the molecule is CCCCC1(CCCC)C2C(=O)NC(=O)C1C(=O)NC2=O. The van der Waals surface area contributed by atoms with E-state index in [1.807, 2.05) is 13.8 Å². The number of unbranched alkanes of at least 4 members (excludes halogenated alkanes) is 2. The third kappa shape index (κ3) is 2.47. The number of nitrogens with one attached hydrogen (secondary N) is 2. The highest BCUT2D eigenvalue weighted by Gasteiger charge is 2.63. The van der Waals surface area contributed by atoms with Gasteiger partial charge < -0.3 is 0 Å². The molecule has 21 heavy (non-hydrogen) atoms. The largest absolute Gasteiger partial charge is 0.295 e. The number of carbonyl (C=O) groups excluding carboxylic acids is 4. The predicted octanol–water partition coefficient (Wildman–Crippen LogP) is 0.898. The van der Waals surface area contributed by atoms with Gasteiger partial charge in [0, 0.05) is 5.41 Å². The summed E-state index contributed by atoms with van der Waals surface area (Å²) >= 11 is 0. The molecule has 0 aromatic rings. The molecule has 2 rings (SSSR count). The number of imide groups is 2. The molecule has 116 valence electrons. The zero-order chi connectivity index (χ0) is 15.6. The number of hydrogen-bond donors (Lipinski definition) is 2. The zero-order valence-electron chi connectivity index (χ0n) is 12.5. The lowest BCUT2D eigenvalue weighted by molar-refractivity contribution is -0.168. The first-order chi connectivity index (χ1) is 9.97. The van der Waals surface area contributed by atoms with Crippen molar-refractivity contribution in [2.24, 2.45) is 17.3 Å². The number of amides is 4. The molecule has 0 saturated carbocycles. The highest BCUT2D eigenvalue weighted by Crippen LogP contribution is 2.50. The molecule has 2 aliphatic rings. The summed E-state index contributed by atoms with van der Waals surface area (Å²) in [4.78, 5) is 48.7. The van der Waals surface area contributed by atoms with Crippen LogP contribution in [-0.2, 0) is 19.2 Å². The molecule has 0 aliphatic carbocycles. The van der Waals surface area contributed by atoms with Crippen LogP contribution in [0.2, 0.25) is 0 Å². The molecular weight excluding hydrogens is 272 g/mol. The van der Waals surface area contributed by atoms with Gasteiger partial charge in [0.1, 0.15) is 11.8 Å². The minimum atomic E-state index is -0.934. The Morgan fingerprint density at radius 1 is 0.762 bits per heavy atom. The molecule has 2 heterocycles. The van der Waals surface area contributed by atoms with Crippen molar-refractivity contribution in [3.63, 3.8) is 0 Å². The Morgan fingerprint density at radius 3 is 1.38 bits per heavy atom. The summed E-state index contributed by atoms with van der Waals surface area (Å²) in [6, 6.07) is 0. The van der Waals surface area contributed by atoms with Gasteiger partial charge in [-0.05, 0) is 12.8 Å². The lowest BCUT2D eigenvalue weighted by atomic mass is 9.56. The Hall–Kier alpha value is -1.72. The highest BCUT2D eigenvalue weighted by atomic mass is 16.2. The average Bonchev–Trinajstić information content (AvgIpc) is 2.41. The van der Waals surface area contributed by atoms with Crippen molar-refractivity contribution >= 4 is 23.6 Å². The van der Waals surface area contributed by atoms with Gasteiger partial charge in [0.05, 0.1) is 0 Å². The lowest BCUT2D eigenvalue weighted by Crippen LogP contribution is -2.70. The van der Waals surface area contributed by atoms with Gasteiger partial charge in [0.25, 0.3) is 0 Å². The van der Waals surface area contributed by atoms with Gasteiger partial charge in [-0.15, -0.1) is 0 Å². The summed E-state index contributed by atoms with van der Waals surface area (Å²) < 4.78 is 0. The van der Waals surface area contributed by atoms with Crippen molar-refractivity contribution in [2.45, 2.75) is 52.4 Å². The molecule has 0 atom stereocenters. The molecule has 4 amide bonds. The number of carbonyl (C=O) groups is 4.